The van der Waals surface area contributed by atoms with E-state index >= 15 is 0 Å². The Bertz CT molecular complexity index is 746. The zero-order valence-corrected chi connectivity index (χ0v) is 14.3. The highest BCUT2D eigenvalue weighted by molar-refractivity contribution is 5.94. The fraction of sp³-hybridized carbons (Fsp3) is 0.300. The number of para-hydroxylation sites is 1. The van der Waals surface area contributed by atoms with Crippen LogP contribution in [-0.4, -0.2) is 37.4 Å². The van der Waals surface area contributed by atoms with Crippen molar-refractivity contribution < 1.29 is 14.3 Å². The van der Waals surface area contributed by atoms with E-state index in [1.165, 1.54) is 12.6 Å². The first-order valence-corrected chi connectivity index (χ1v) is 8.45. The van der Waals surface area contributed by atoms with Gasteiger partial charge in [-0.1, -0.05) is 30.3 Å². The van der Waals surface area contributed by atoms with E-state index in [1.807, 2.05) is 18.2 Å². The molecule has 2 aromatic carbocycles. The summed E-state index contributed by atoms with van der Waals surface area (Å²) in [5, 5.41) is 3.01. The van der Waals surface area contributed by atoms with E-state index in [0.717, 1.165) is 19.5 Å². The normalized spacial score (nSPS) is 16.5. The van der Waals surface area contributed by atoms with Crippen molar-refractivity contribution in [1.82, 2.24) is 5.32 Å². The lowest BCUT2D eigenvalue weighted by molar-refractivity contribution is -0.123. The van der Waals surface area contributed by atoms with Gasteiger partial charge in [-0.25, -0.2) is 0 Å². The smallest absolute Gasteiger partial charge is 0.258 e. The largest absolute Gasteiger partial charge is 0.484 e. The number of Topliss-reactive ketones (excluding diaryl/α,β-unsaturated/α-hetero) is 1. The molecule has 1 heterocycles. The molecule has 1 fully saturated rings. The summed E-state index contributed by atoms with van der Waals surface area (Å²) in [6, 6.07) is 17.2. The first kappa shape index (κ1) is 17.0. The predicted octanol–water partition coefficient (Wildman–Crippen LogP) is 2.66. The maximum absolute atomic E-state index is 12.1. The lowest BCUT2D eigenvalue weighted by atomic mass is 10.1. The van der Waals surface area contributed by atoms with Crippen LogP contribution >= 0.6 is 0 Å². The minimum Gasteiger partial charge on any atom is -0.484 e. The van der Waals surface area contributed by atoms with Crippen LogP contribution in [-0.2, 0) is 4.79 Å². The van der Waals surface area contributed by atoms with Gasteiger partial charge in [-0.3, -0.25) is 9.59 Å². The van der Waals surface area contributed by atoms with Crippen molar-refractivity contribution >= 4 is 17.4 Å². The van der Waals surface area contributed by atoms with Crippen molar-refractivity contribution in [3.8, 4) is 5.75 Å². The summed E-state index contributed by atoms with van der Waals surface area (Å²) in [6.07, 6.45) is 0.917. The molecule has 2 aromatic rings. The third kappa shape index (κ3) is 4.59. The summed E-state index contributed by atoms with van der Waals surface area (Å²) in [5.41, 5.74) is 1.75. The van der Waals surface area contributed by atoms with E-state index in [1.54, 1.807) is 24.3 Å². The monoisotopic (exact) mass is 338 g/mol. The fourth-order valence-corrected chi connectivity index (χ4v) is 2.97. The second-order valence-corrected chi connectivity index (χ2v) is 6.21. The van der Waals surface area contributed by atoms with Gasteiger partial charge in [-0.2, -0.15) is 0 Å². The average Bonchev–Trinajstić information content (AvgIpc) is 3.09. The summed E-state index contributed by atoms with van der Waals surface area (Å²) >= 11 is 0. The number of ketones is 1. The number of benzene rings is 2. The van der Waals surface area contributed by atoms with Crippen LogP contribution in [0, 0.1) is 0 Å². The number of ether oxygens (including phenoxy) is 1. The second kappa shape index (κ2) is 7.83. The third-order valence-electron chi connectivity index (χ3n) is 4.29. The van der Waals surface area contributed by atoms with Crippen LogP contribution in [0.25, 0.3) is 0 Å². The van der Waals surface area contributed by atoms with Gasteiger partial charge in [0.1, 0.15) is 5.75 Å². The van der Waals surface area contributed by atoms with E-state index in [-0.39, 0.29) is 24.3 Å². The van der Waals surface area contributed by atoms with Crippen molar-refractivity contribution in [2.45, 2.75) is 19.4 Å². The first-order chi connectivity index (χ1) is 12.1. The third-order valence-corrected chi connectivity index (χ3v) is 4.29. The number of hydrogen-bond donors (Lipinski definition) is 1. The highest BCUT2D eigenvalue weighted by Crippen LogP contribution is 2.19. The first-order valence-electron chi connectivity index (χ1n) is 8.45. The van der Waals surface area contributed by atoms with E-state index in [9.17, 15) is 9.59 Å². The molecule has 0 unspecified atom stereocenters. The van der Waals surface area contributed by atoms with Crippen molar-refractivity contribution in [3.05, 3.63) is 60.2 Å². The number of anilines is 1. The van der Waals surface area contributed by atoms with Crippen LogP contribution in [0.5, 0.6) is 5.75 Å². The summed E-state index contributed by atoms with van der Waals surface area (Å²) < 4.78 is 5.50. The van der Waals surface area contributed by atoms with E-state index < -0.39 is 0 Å². The summed E-state index contributed by atoms with van der Waals surface area (Å²) in [7, 11) is 0. The highest BCUT2D eigenvalue weighted by Gasteiger charge is 2.24. The van der Waals surface area contributed by atoms with Gasteiger partial charge >= 0.3 is 0 Å². The molecule has 1 N–H and O–H groups in total. The predicted molar refractivity (Wildman–Crippen MR) is 97.1 cm³/mol. The number of carbonyl (C=O) groups excluding carboxylic acids is 2. The molecule has 0 saturated carbocycles. The van der Waals surface area contributed by atoms with Crippen LogP contribution in [0.3, 0.4) is 0 Å². The highest BCUT2D eigenvalue weighted by atomic mass is 16.5. The summed E-state index contributed by atoms with van der Waals surface area (Å²) in [6.45, 7) is 3.18. The Kier molecular flexibility index (Phi) is 5.33. The Morgan fingerprint density at radius 3 is 2.72 bits per heavy atom. The van der Waals surface area contributed by atoms with Gasteiger partial charge in [0.15, 0.2) is 12.4 Å². The fourth-order valence-electron chi connectivity index (χ4n) is 2.97. The van der Waals surface area contributed by atoms with Crippen LogP contribution < -0.4 is 15.0 Å². The molecule has 1 saturated heterocycles. The molecule has 0 bridgehead atoms. The van der Waals surface area contributed by atoms with Crippen molar-refractivity contribution in [1.29, 1.82) is 0 Å². The van der Waals surface area contributed by atoms with Crippen molar-refractivity contribution in [2.75, 3.05) is 24.6 Å². The van der Waals surface area contributed by atoms with Crippen LogP contribution in [0.1, 0.15) is 23.7 Å². The molecule has 1 atom stereocenters. The van der Waals surface area contributed by atoms with Gasteiger partial charge in [-0.05, 0) is 37.6 Å². The quantitative estimate of drug-likeness (QED) is 0.823. The maximum Gasteiger partial charge on any atom is 0.258 e. The van der Waals surface area contributed by atoms with Gasteiger partial charge in [0, 0.05) is 30.4 Å². The van der Waals surface area contributed by atoms with Gasteiger partial charge in [0.05, 0.1) is 0 Å². The van der Waals surface area contributed by atoms with Crippen LogP contribution in [0.4, 0.5) is 5.69 Å². The Labute approximate surface area is 147 Å². The van der Waals surface area contributed by atoms with Gasteiger partial charge in [-0.15, -0.1) is 0 Å². The molecule has 0 aromatic heterocycles. The number of carbonyl (C=O) groups is 2. The van der Waals surface area contributed by atoms with Crippen LogP contribution in [0.15, 0.2) is 54.6 Å². The van der Waals surface area contributed by atoms with Crippen molar-refractivity contribution in [3.63, 3.8) is 0 Å². The molecule has 1 aliphatic rings. The molecule has 25 heavy (non-hydrogen) atoms. The van der Waals surface area contributed by atoms with Gasteiger partial charge in [0.2, 0.25) is 0 Å². The van der Waals surface area contributed by atoms with Crippen LogP contribution in [0.2, 0.25) is 0 Å². The average molecular weight is 338 g/mol. The Balaban J connectivity index is 1.47. The maximum atomic E-state index is 12.1. The molecule has 0 radical (unpaired) electrons. The molecule has 1 aliphatic heterocycles. The van der Waals surface area contributed by atoms with E-state index in [4.69, 9.17) is 4.74 Å². The van der Waals surface area contributed by atoms with Gasteiger partial charge in [0.25, 0.3) is 5.91 Å². The lowest BCUT2D eigenvalue weighted by Crippen LogP contribution is -2.39. The Morgan fingerprint density at radius 1 is 1.16 bits per heavy atom. The number of hydrogen-bond acceptors (Lipinski definition) is 4. The SMILES string of the molecule is CC(=O)c1cccc(OCC(=O)N[C@@H]2CCN(c3ccccc3)C2)c1. The van der Waals surface area contributed by atoms with E-state index in [0.29, 0.717) is 11.3 Å². The molecular formula is C20H22N2O3. The topological polar surface area (TPSA) is 58.6 Å². The zero-order chi connectivity index (χ0) is 17.6. The van der Waals surface area contributed by atoms with Crippen molar-refractivity contribution in [2.24, 2.45) is 0 Å². The molecule has 0 aliphatic carbocycles. The Morgan fingerprint density at radius 2 is 1.96 bits per heavy atom. The molecule has 5 nitrogen and oxygen atoms in total. The molecule has 5 heteroatoms. The minimum atomic E-state index is -0.145. The van der Waals surface area contributed by atoms with Gasteiger partial charge < -0.3 is 15.0 Å². The standard InChI is InChI=1S/C20H22N2O3/c1-15(23)16-6-5-9-19(12-16)25-14-20(24)21-17-10-11-22(13-17)18-7-3-2-4-8-18/h2-9,12,17H,10-11,13-14H2,1H3,(H,21,24)/t17-/m1/s1. The zero-order valence-electron chi connectivity index (χ0n) is 14.3. The second-order valence-electron chi connectivity index (χ2n) is 6.21. The number of nitrogens with one attached hydrogen (secondary N) is 1. The number of nitrogens with zero attached hydrogens (tertiary/aromatic N) is 1. The number of rotatable bonds is 6. The lowest BCUT2D eigenvalue weighted by Gasteiger charge is -2.19. The molecule has 130 valence electrons. The molecular weight excluding hydrogens is 316 g/mol. The molecule has 0 spiro atoms. The molecule has 1 amide bonds. The minimum absolute atomic E-state index is 0.0261. The molecule has 3 rings (SSSR count). The number of amides is 1. The Hall–Kier alpha value is -2.82. The summed E-state index contributed by atoms with van der Waals surface area (Å²) in [5.74, 6) is 0.357. The van der Waals surface area contributed by atoms with E-state index in [2.05, 4.69) is 22.3 Å². The summed E-state index contributed by atoms with van der Waals surface area (Å²) in [4.78, 5) is 25.8.